The van der Waals surface area contributed by atoms with Crippen LogP contribution in [-0.4, -0.2) is 22.9 Å². The summed E-state index contributed by atoms with van der Waals surface area (Å²) in [4.78, 5) is 0. The summed E-state index contributed by atoms with van der Waals surface area (Å²) < 4.78 is 0. The van der Waals surface area contributed by atoms with Crippen molar-refractivity contribution in [2.75, 3.05) is 6.61 Å². The lowest BCUT2D eigenvalue weighted by atomic mass is 9.42. The fourth-order valence-electron chi connectivity index (χ4n) is 11.1. The highest BCUT2D eigenvalue weighted by atomic mass is 16.3. The lowest BCUT2D eigenvalue weighted by molar-refractivity contribution is -0.161. The quantitative estimate of drug-likeness (QED) is 0.450. The fourth-order valence-corrected chi connectivity index (χ4v) is 11.1. The number of hydrogen-bond acceptors (Lipinski definition) is 2. The van der Waals surface area contributed by atoms with Crippen molar-refractivity contribution in [3.63, 3.8) is 0 Å². The van der Waals surface area contributed by atoms with Crippen molar-refractivity contribution in [1.29, 1.82) is 0 Å². The predicted molar refractivity (Wildman–Crippen MR) is 132 cm³/mol. The van der Waals surface area contributed by atoms with Gasteiger partial charge < -0.3 is 10.2 Å². The van der Waals surface area contributed by atoms with E-state index in [-0.39, 0.29) is 24.0 Å². The Bertz CT molecular complexity index is 771. The van der Waals surface area contributed by atoms with Crippen LogP contribution < -0.4 is 0 Å². The van der Waals surface area contributed by atoms with E-state index in [4.69, 9.17) is 0 Å². The lowest BCUT2D eigenvalue weighted by Gasteiger charge is -2.63. The van der Waals surface area contributed by atoms with Crippen LogP contribution in [0.5, 0.6) is 0 Å². The second-order valence-electron chi connectivity index (χ2n) is 14.3. The number of aliphatic hydroxyl groups is 2. The summed E-state index contributed by atoms with van der Waals surface area (Å²) >= 11 is 0. The van der Waals surface area contributed by atoms with Crippen LogP contribution in [0.3, 0.4) is 0 Å². The molecule has 5 fully saturated rings. The minimum Gasteiger partial charge on any atom is -0.396 e. The topological polar surface area (TPSA) is 40.5 Å². The first-order valence-corrected chi connectivity index (χ1v) is 13.9. The number of fused-ring (bicyclic) bond motifs is 2. The van der Waals surface area contributed by atoms with E-state index >= 15 is 0 Å². The summed E-state index contributed by atoms with van der Waals surface area (Å²) in [6.45, 7) is 15.0. The molecule has 0 aliphatic heterocycles. The fraction of sp³-hybridized carbons (Fsp3) is 0.933. The molecule has 10 atom stereocenters. The van der Waals surface area contributed by atoms with Crippen LogP contribution in [0.2, 0.25) is 0 Å². The Morgan fingerprint density at radius 1 is 0.844 bits per heavy atom. The first kappa shape index (κ1) is 23.4. The van der Waals surface area contributed by atoms with E-state index in [1.807, 2.05) is 0 Å². The monoisotopic (exact) mass is 442 g/mol. The SMILES string of the molecule is C[C@H](/C=C/C[C@@H](C)[C@H]1CC[C@@]2(C)[C@@H]3CC[C@H]4C(C)(C)[C@@H](O)CC[C@@]45C[C@@]35CC[C@]12C)CO. The molecule has 0 unspecified atom stereocenters. The molecule has 2 heteroatoms. The molecule has 0 radical (unpaired) electrons. The Kier molecular flexibility index (Phi) is 5.36. The van der Waals surface area contributed by atoms with Crippen molar-refractivity contribution in [3.05, 3.63) is 12.2 Å². The molecule has 0 aromatic heterocycles. The zero-order valence-corrected chi connectivity index (χ0v) is 21.8. The molecule has 0 aromatic carbocycles. The van der Waals surface area contributed by atoms with Crippen molar-refractivity contribution >= 4 is 0 Å². The summed E-state index contributed by atoms with van der Waals surface area (Å²) in [6.07, 6.45) is 17.9. The Morgan fingerprint density at radius 2 is 1.53 bits per heavy atom. The third-order valence-electron chi connectivity index (χ3n) is 13.1. The van der Waals surface area contributed by atoms with E-state index in [0.29, 0.717) is 21.7 Å². The Morgan fingerprint density at radius 3 is 2.25 bits per heavy atom. The molecule has 5 aliphatic carbocycles. The Balaban J connectivity index is 1.39. The lowest BCUT2D eigenvalue weighted by Crippen LogP contribution is -2.57. The normalized spacial score (nSPS) is 53.1. The molecular weight excluding hydrogens is 392 g/mol. The molecule has 182 valence electrons. The summed E-state index contributed by atoms with van der Waals surface area (Å²) in [5, 5.41) is 20.2. The van der Waals surface area contributed by atoms with E-state index in [1.54, 1.807) is 0 Å². The van der Waals surface area contributed by atoms with Gasteiger partial charge in [0.2, 0.25) is 0 Å². The molecule has 5 rings (SSSR count). The van der Waals surface area contributed by atoms with Crippen molar-refractivity contribution in [3.8, 4) is 0 Å². The van der Waals surface area contributed by atoms with E-state index in [0.717, 1.165) is 36.5 Å². The third-order valence-corrected chi connectivity index (χ3v) is 13.1. The molecule has 5 saturated carbocycles. The van der Waals surface area contributed by atoms with Gasteiger partial charge in [-0.3, -0.25) is 0 Å². The molecule has 0 aromatic rings. The van der Waals surface area contributed by atoms with E-state index < -0.39 is 0 Å². The van der Waals surface area contributed by atoms with Crippen LogP contribution >= 0.6 is 0 Å². The van der Waals surface area contributed by atoms with Gasteiger partial charge in [0.05, 0.1) is 6.10 Å². The van der Waals surface area contributed by atoms with Crippen molar-refractivity contribution in [2.24, 2.45) is 56.7 Å². The number of allylic oxidation sites excluding steroid dienone is 1. The van der Waals surface area contributed by atoms with Gasteiger partial charge in [0.25, 0.3) is 0 Å². The highest BCUT2D eigenvalue weighted by Crippen LogP contribution is 2.89. The molecule has 0 saturated heterocycles. The van der Waals surface area contributed by atoms with Gasteiger partial charge in [-0.25, -0.2) is 0 Å². The molecule has 2 nitrogen and oxygen atoms in total. The highest BCUT2D eigenvalue weighted by Gasteiger charge is 2.82. The van der Waals surface area contributed by atoms with Crippen molar-refractivity contribution in [1.82, 2.24) is 0 Å². The van der Waals surface area contributed by atoms with E-state index in [1.165, 1.54) is 51.4 Å². The van der Waals surface area contributed by atoms with Gasteiger partial charge in [0.1, 0.15) is 0 Å². The van der Waals surface area contributed by atoms with E-state index in [2.05, 4.69) is 53.7 Å². The molecule has 0 bridgehead atoms. The average Bonchev–Trinajstić information content (AvgIpc) is 3.33. The molecule has 0 amide bonds. The van der Waals surface area contributed by atoms with Crippen LogP contribution in [0.1, 0.15) is 106 Å². The molecule has 32 heavy (non-hydrogen) atoms. The summed E-state index contributed by atoms with van der Waals surface area (Å²) in [5.74, 6) is 3.47. The predicted octanol–water partition coefficient (Wildman–Crippen LogP) is 7.00. The van der Waals surface area contributed by atoms with Crippen LogP contribution in [0.15, 0.2) is 12.2 Å². The first-order valence-electron chi connectivity index (χ1n) is 13.9. The highest BCUT2D eigenvalue weighted by molar-refractivity contribution is 5.30. The van der Waals surface area contributed by atoms with Gasteiger partial charge in [-0.1, -0.05) is 53.7 Å². The molecule has 0 heterocycles. The van der Waals surface area contributed by atoms with Gasteiger partial charge in [0.15, 0.2) is 0 Å². The second-order valence-corrected chi connectivity index (χ2v) is 14.3. The first-order chi connectivity index (χ1) is 15.0. The van der Waals surface area contributed by atoms with Gasteiger partial charge in [0, 0.05) is 6.61 Å². The molecular formula is C30H50O2. The number of aliphatic hydroxyl groups excluding tert-OH is 2. The van der Waals surface area contributed by atoms with Crippen molar-refractivity contribution in [2.45, 2.75) is 112 Å². The summed E-state index contributed by atoms with van der Waals surface area (Å²) in [6, 6.07) is 0. The molecule has 2 N–H and O–H groups in total. The average molecular weight is 443 g/mol. The summed E-state index contributed by atoms with van der Waals surface area (Å²) in [5.41, 5.74) is 2.20. The number of hydrogen-bond donors (Lipinski definition) is 2. The number of rotatable bonds is 5. The van der Waals surface area contributed by atoms with Crippen LogP contribution in [0.4, 0.5) is 0 Å². The minimum absolute atomic E-state index is 0.0964. The Hall–Kier alpha value is -0.340. The van der Waals surface area contributed by atoms with Crippen LogP contribution in [0.25, 0.3) is 0 Å². The van der Waals surface area contributed by atoms with Gasteiger partial charge >= 0.3 is 0 Å². The summed E-state index contributed by atoms with van der Waals surface area (Å²) in [7, 11) is 0. The molecule has 2 spiro atoms. The Labute approximate surface area is 197 Å². The minimum atomic E-state index is -0.102. The van der Waals surface area contributed by atoms with Gasteiger partial charge in [-0.05, 0) is 121 Å². The van der Waals surface area contributed by atoms with Crippen LogP contribution in [0, 0.1) is 56.7 Å². The van der Waals surface area contributed by atoms with E-state index in [9.17, 15) is 10.2 Å². The molecule has 5 aliphatic rings. The zero-order valence-electron chi connectivity index (χ0n) is 21.8. The smallest absolute Gasteiger partial charge is 0.0594 e. The van der Waals surface area contributed by atoms with Crippen LogP contribution in [-0.2, 0) is 0 Å². The maximum absolute atomic E-state index is 10.8. The maximum atomic E-state index is 10.8. The van der Waals surface area contributed by atoms with Crippen molar-refractivity contribution < 1.29 is 10.2 Å². The standard InChI is InChI=1S/C30H50O2/c1-20(18-31)8-7-9-21(2)22-12-14-28(6)24-11-10-23-26(3,4)25(32)13-15-29(23)19-30(24,29)17-16-27(22,28)5/h7-8,20-25,31-32H,9-19H2,1-6H3/b8-7+/t20-,21-,22-,23+,24+,25+,27-,28+,29-,30+/m1/s1. The zero-order chi connectivity index (χ0) is 23.2. The maximum Gasteiger partial charge on any atom is 0.0594 e. The van der Waals surface area contributed by atoms with Gasteiger partial charge in [-0.15, -0.1) is 0 Å². The van der Waals surface area contributed by atoms with Gasteiger partial charge in [-0.2, -0.15) is 0 Å². The second kappa shape index (κ2) is 7.33. The largest absolute Gasteiger partial charge is 0.396 e. The third kappa shape index (κ3) is 2.78.